The predicted molar refractivity (Wildman–Crippen MR) is 74.7 cm³/mol. The van der Waals surface area contributed by atoms with E-state index in [2.05, 4.69) is 0 Å². The van der Waals surface area contributed by atoms with Gasteiger partial charge in [-0.3, -0.25) is 4.79 Å². The van der Waals surface area contributed by atoms with Gasteiger partial charge >= 0.3 is 5.97 Å². The smallest absolute Gasteiger partial charge is 0.345 e. The predicted octanol–water partition coefficient (Wildman–Crippen LogP) is 2.58. The molecule has 0 spiro atoms. The van der Waals surface area contributed by atoms with Crippen LogP contribution >= 0.6 is 0 Å². The minimum Gasteiger partial charge on any atom is -0.488 e. The summed E-state index contributed by atoms with van der Waals surface area (Å²) in [5.74, 6) is -0.877. The van der Waals surface area contributed by atoms with Crippen LogP contribution in [-0.2, 0) is 19.1 Å². The third-order valence-electron chi connectivity index (χ3n) is 3.54. The number of benzene rings is 1. The lowest BCUT2D eigenvalue weighted by Gasteiger charge is -2.31. The molecule has 0 bridgehead atoms. The van der Waals surface area contributed by atoms with Crippen molar-refractivity contribution < 1.29 is 19.1 Å². The van der Waals surface area contributed by atoms with Crippen LogP contribution in [0.25, 0.3) is 5.76 Å². The Labute approximate surface area is 118 Å². The van der Waals surface area contributed by atoms with Crippen molar-refractivity contribution in [3.63, 3.8) is 0 Å². The minimum atomic E-state index is -0.643. The summed E-state index contributed by atoms with van der Waals surface area (Å²) >= 11 is 0. The van der Waals surface area contributed by atoms with Crippen molar-refractivity contribution in [2.24, 2.45) is 5.92 Å². The fourth-order valence-electron chi connectivity index (χ4n) is 2.35. The van der Waals surface area contributed by atoms with E-state index < -0.39 is 5.97 Å². The van der Waals surface area contributed by atoms with Crippen LogP contribution in [0.3, 0.4) is 0 Å². The third-order valence-corrected chi connectivity index (χ3v) is 3.54. The second-order valence-electron chi connectivity index (χ2n) is 4.78. The lowest BCUT2D eigenvalue weighted by molar-refractivity contribution is -0.139. The first-order chi connectivity index (χ1) is 9.60. The highest BCUT2D eigenvalue weighted by Crippen LogP contribution is 2.33. The van der Waals surface area contributed by atoms with E-state index in [1.807, 2.05) is 37.3 Å². The third kappa shape index (κ3) is 2.46. The van der Waals surface area contributed by atoms with Crippen LogP contribution in [0, 0.1) is 5.92 Å². The number of hydrogen-bond donors (Lipinski definition) is 0. The van der Waals surface area contributed by atoms with Gasteiger partial charge in [0.25, 0.3) is 0 Å². The van der Waals surface area contributed by atoms with Crippen molar-refractivity contribution in [3.05, 3.63) is 41.5 Å². The van der Waals surface area contributed by atoms with Gasteiger partial charge in [-0.15, -0.1) is 0 Å². The van der Waals surface area contributed by atoms with Crippen LogP contribution in [0.5, 0.6) is 0 Å². The summed E-state index contributed by atoms with van der Waals surface area (Å²) in [5.41, 5.74) is 0.725. The number of ether oxygens (including phenoxy) is 2. The minimum absolute atomic E-state index is 0.0101. The molecule has 2 rings (SSSR count). The number of Topliss-reactive ketones (excluding diaryl/α,β-unsaturated/α-hetero) is 1. The molecule has 1 aliphatic rings. The van der Waals surface area contributed by atoms with Crippen molar-refractivity contribution in [2.45, 2.75) is 26.4 Å². The van der Waals surface area contributed by atoms with Gasteiger partial charge in [0.1, 0.15) is 17.4 Å². The van der Waals surface area contributed by atoms with Crippen LogP contribution in [0.2, 0.25) is 0 Å². The monoisotopic (exact) mass is 274 g/mol. The Morgan fingerprint density at radius 3 is 2.50 bits per heavy atom. The zero-order valence-electron chi connectivity index (χ0n) is 11.9. The second-order valence-corrected chi connectivity index (χ2v) is 4.78. The average Bonchev–Trinajstić information content (AvgIpc) is 2.49. The molecule has 0 saturated heterocycles. The van der Waals surface area contributed by atoms with E-state index in [-0.39, 0.29) is 23.4 Å². The summed E-state index contributed by atoms with van der Waals surface area (Å²) in [4.78, 5) is 24.4. The molecule has 1 aromatic carbocycles. The van der Waals surface area contributed by atoms with Gasteiger partial charge in [-0.1, -0.05) is 44.2 Å². The van der Waals surface area contributed by atoms with Gasteiger partial charge in [-0.05, 0) is 6.42 Å². The number of rotatable bonds is 3. The summed E-state index contributed by atoms with van der Waals surface area (Å²) in [6.45, 7) is 3.74. The molecule has 2 unspecified atom stereocenters. The van der Waals surface area contributed by atoms with Crippen molar-refractivity contribution in [1.29, 1.82) is 0 Å². The number of esters is 1. The molecule has 1 aromatic rings. The van der Waals surface area contributed by atoms with E-state index in [9.17, 15) is 9.59 Å². The van der Waals surface area contributed by atoms with Crippen molar-refractivity contribution >= 4 is 17.5 Å². The van der Waals surface area contributed by atoms with Gasteiger partial charge in [-0.25, -0.2) is 4.79 Å². The van der Waals surface area contributed by atoms with Gasteiger partial charge in [0.15, 0.2) is 5.78 Å². The maximum atomic E-state index is 12.4. The molecule has 0 radical (unpaired) electrons. The summed E-state index contributed by atoms with van der Waals surface area (Å²) in [6, 6.07) is 9.17. The van der Waals surface area contributed by atoms with E-state index in [4.69, 9.17) is 9.47 Å². The van der Waals surface area contributed by atoms with Crippen LogP contribution in [0.1, 0.15) is 25.8 Å². The summed E-state index contributed by atoms with van der Waals surface area (Å²) in [5, 5.41) is 0. The molecule has 0 fully saturated rings. The van der Waals surface area contributed by atoms with Gasteiger partial charge in [0, 0.05) is 5.56 Å². The van der Waals surface area contributed by atoms with Crippen LogP contribution in [-0.4, -0.2) is 25.0 Å². The maximum absolute atomic E-state index is 12.4. The highest BCUT2D eigenvalue weighted by Gasteiger charge is 2.39. The molecule has 106 valence electrons. The highest BCUT2D eigenvalue weighted by molar-refractivity contribution is 6.23. The van der Waals surface area contributed by atoms with E-state index in [1.54, 1.807) is 6.92 Å². The first-order valence-electron chi connectivity index (χ1n) is 6.69. The first-order valence-corrected chi connectivity index (χ1v) is 6.69. The number of carbonyl (C=O) groups excluding carboxylic acids is 2. The molecule has 0 saturated carbocycles. The molecular formula is C16H18O4. The highest BCUT2D eigenvalue weighted by atomic mass is 16.5. The molecule has 0 amide bonds. The van der Waals surface area contributed by atoms with Crippen LogP contribution in [0.4, 0.5) is 0 Å². The molecule has 1 aliphatic heterocycles. The number of hydrogen-bond acceptors (Lipinski definition) is 4. The largest absolute Gasteiger partial charge is 0.488 e. The molecular weight excluding hydrogens is 256 g/mol. The van der Waals surface area contributed by atoms with Crippen molar-refractivity contribution in [2.75, 3.05) is 7.11 Å². The Hall–Kier alpha value is -2.10. The quantitative estimate of drug-likeness (QED) is 0.628. The molecule has 0 aromatic heterocycles. The molecule has 20 heavy (non-hydrogen) atoms. The SMILES string of the molecule is CCC1OC(c2ccccc2)=C(C(=O)OC)C(=O)C1C. The fraction of sp³-hybridized carbons (Fsp3) is 0.375. The Kier molecular flexibility index (Phi) is 4.23. The number of methoxy groups -OCH3 is 1. The normalized spacial score (nSPS) is 22.4. The van der Waals surface area contributed by atoms with E-state index in [0.717, 1.165) is 0 Å². The Balaban J connectivity index is 2.57. The van der Waals surface area contributed by atoms with Gasteiger partial charge in [-0.2, -0.15) is 0 Å². The van der Waals surface area contributed by atoms with Gasteiger partial charge < -0.3 is 9.47 Å². The summed E-state index contributed by atoms with van der Waals surface area (Å²) in [7, 11) is 1.27. The molecule has 4 nitrogen and oxygen atoms in total. The number of carbonyl (C=O) groups is 2. The first kappa shape index (κ1) is 14.3. The van der Waals surface area contributed by atoms with E-state index in [0.29, 0.717) is 17.7 Å². The average molecular weight is 274 g/mol. The molecule has 0 aliphatic carbocycles. The zero-order valence-corrected chi connectivity index (χ0v) is 11.9. The van der Waals surface area contributed by atoms with Gasteiger partial charge in [0.05, 0.1) is 13.0 Å². The Morgan fingerprint density at radius 2 is 1.95 bits per heavy atom. The fourth-order valence-corrected chi connectivity index (χ4v) is 2.35. The molecule has 1 heterocycles. The van der Waals surface area contributed by atoms with Crippen molar-refractivity contribution in [1.82, 2.24) is 0 Å². The van der Waals surface area contributed by atoms with Crippen LogP contribution in [0.15, 0.2) is 35.9 Å². The number of ketones is 1. The lowest BCUT2D eigenvalue weighted by Crippen LogP contribution is -2.36. The topological polar surface area (TPSA) is 52.6 Å². The van der Waals surface area contributed by atoms with Crippen molar-refractivity contribution in [3.8, 4) is 0 Å². The lowest BCUT2D eigenvalue weighted by atomic mass is 9.88. The van der Waals surface area contributed by atoms with Gasteiger partial charge in [0.2, 0.25) is 0 Å². The molecule has 2 atom stereocenters. The maximum Gasteiger partial charge on any atom is 0.345 e. The molecule has 4 heteroatoms. The zero-order chi connectivity index (χ0) is 14.7. The second kappa shape index (κ2) is 5.90. The van der Waals surface area contributed by atoms with Crippen LogP contribution < -0.4 is 0 Å². The Morgan fingerprint density at radius 1 is 1.30 bits per heavy atom. The van der Waals surface area contributed by atoms with E-state index in [1.165, 1.54) is 7.11 Å². The summed E-state index contributed by atoms with van der Waals surface area (Å²) in [6.07, 6.45) is 0.489. The molecule has 0 N–H and O–H groups in total. The standard InChI is InChI=1S/C16H18O4/c1-4-12-10(2)14(17)13(16(18)19-3)15(20-12)11-8-6-5-7-9-11/h5-10,12H,4H2,1-3H3. The Bertz CT molecular complexity index is 545. The van der Waals surface area contributed by atoms with E-state index >= 15 is 0 Å². The summed E-state index contributed by atoms with van der Waals surface area (Å²) < 4.78 is 10.6.